The number of ether oxygens (including phenoxy) is 2. The van der Waals surface area contributed by atoms with E-state index < -0.39 is 23.6 Å². The lowest BCUT2D eigenvalue weighted by Gasteiger charge is -2.27. The Morgan fingerprint density at radius 2 is 1.66 bits per heavy atom. The number of rotatable bonds is 6. The summed E-state index contributed by atoms with van der Waals surface area (Å²) < 4.78 is 11.3. The molecule has 1 unspecified atom stereocenters. The van der Waals surface area contributed by atoms with Crippen LogP contribution in [0.25, 0.3) is 0 Å². The van der Waals surface area contributed by atoms with E-state index in [2.05, 4.69) is 4.90 Å². The molecule has 2 heterocycles. The van der Waals surface area contributed by atoms with E-state index in [1.807, 2.05) is 24.3 Å². The van der Waals surface area contributed by atoms with Crippen molar-refractivity contribution in [1.29, 1.82) is 0 Å². The molecule has 2 aromatic rings. The van der Waals surface area contributed by atoms with Crippen LogP contribution in [0.1, 0.15) is 51.1 Å². The Morgan fingerprint density at radius 1 is 0.943 bits per heavy atom. The highest BCUT2D eigenvalue weighted by Crippen LogP contribution is 2.39. The van der Waals surface area contributed by atoms with E-state index in [4.69, 9.17) is 21.1 Å². The number of morpholine rings is 1. The predicted octanol–water partition coefficient (Wildman–Crippen LogP) is 3.04. The van der Waals surface area contributed by atoms with Gasteiger partial charge in [0, 0.05) is 26.1 Å². The maximum Gasteiger partial charge on any atom is 0.266 e. The minimum atomic E-state index is -0.939. The zero-order valence-corrected chi connectivity index (χ0v) is 19.9. The number of carbonyl (C=O) groups is 4. The molecule has 2 fully saturated rings. The van der Waals surface area contributed by atoms with E-state index in [-0.39, 0.29) is 53.6 Å². The maximum absolute atomic E-state index is 13.3. The number of halogens is 1. The van der Waals surface area contributed by atoms with Crippen molar-refractivity contribution in [3.8, 4) is 5.75 Å². The molecule has 0 spiro atoms. The number of carbonyl (C=O) groups excluding carboxylic acids is 4. The van der Waals surface area contributed by atoms with E-state index in [1.54, 1.807) is 0 Å². The van der Waals surface area contributed by atoms with Gasteiger partial charge in [0.05, 0.1) is 41.8 Å². The van der Waals surface area contributed by atoms with Crippen LogP contribution in [0.5, 0.6) is 5.75 Å². The van der Waals surface area contributed by atoms with Crippen molar-refractivity contribution in [1.82, 2.24) is 9.80 Å². The van der Waals surface area contributed by atoms with Gasteiger partial charge in [0.2, 0.25) is 0 Å². The van der Waals surface area contributed by atoms with E-state index in [0.717, 1.165) is 43.3 Å². The lowest BCUT2D eigenvalue weighted by molar-refractivity contribution is -0.132. The van der Waals surface area contributed by atoms with Gasteiger partial charge in [-0.15, -0.1) is 0 Å². The Kier molecular flexibility index (Phi) is 6.69. The summed E-state index contributed by atoms with van der Waals surface area (Å²) in [7, 11) is 0. The highest BCUT2D eigenvalue weighted by Gasteiger charge is 2.46. The van der Waals surface area contributed by atoms with Gasteiger partial charge in [-0.1, -0.05) is 35.9 Å². The maximum atomic E-state index is 13.3. The number of fused-ring (bicyclic) bond motifs is 1. The molecule has 0 radical (unpaired) electrons. The fourth-order valence-corrected chi connectivity index (χ4v) is 4.97. The number of imide groups is 1. The topological polar surface area (TPSA) is 93.2 Å². The normalized spacial score (nSPS) is 20.9. The van der Waals surface area contributed by atoms with Gasteiger partial charge in [-0.05, 0) is 29.7 Å². The Labute approximate surface area is 207 Å². The van der Waals surface area contributed by atoms with Crippen LogP contribution >= 0.6 is 11.6 Å². The third kappa shape index (κ3) is 4.74. The van der Waals surface area contributed by atoms with Crippen molar-refractivity contribution in [2.75, 3.05) is 26.3 Å². The first-order chi connectivity index (χ1) is 16.9. The number of benzene rings is 2. The molecule has 35 heavy (non-hydrogen) atoms. The van der Waals surface area contributed by atoms with Gasteiger partial charge in [-0.25, -0.2) is 0 Å². The van der Waals surface area contributed by atoms with E-state index >= 15 is 0 Å². The number of amides is 2. The number of nitrogens with zero attached hydrogens (tertiary/aromatic N) is 2. The number of hydrogen-bond donors (Lipinski definition) is 0. The average molecular weight is 497 g/mol. The van der Waals surface area contributed by atoms with Crippen molar-refractivity contribution in [2.45, 2.75) is 38.5 Å². The molecule has 2 amide bonds. The number of hydrogen-bond acceptors (Lipinski definition) is 7. The summed E-state index contributed by atoms with van der Waals surface area (Å²) in [6.07, 6.45) is 0.0447. The standard InChI is InChI=1S/C26H25ClN2O6/c27-20-7-6-19-23(26(33)29(25(19)32)21-8-5-18(30)13-22(21)31)24(20)35-15-17-3-1-16(2-4-17)14-28-9-11-34-12-10-28/h1-4,6-7,21H,5,8-15H2. The molecule has 0 aromatic heterocycles. The first kappa shape index (κ1) is 23.7. The summed E-state index contributed by atoms with van der Waals surface area (Å²) in [4.78, 5) is 53.6. The molecule has 1 saturated carbocycles. The van der Waals surface area contributed by atoms with Crippen molar-refractivity contribution in [3.05, 3.63) is 63.7 Å². The molecule has 182 valence electrons. The van der Waals surface area contributed by atoms with E-state index in [9.17, 15) is 19.2 Å². The number of ketones is 2. The lowest BCUT2D eigenvalue weighted by Crippen LogP contribution is -2.47. The van der Waals surface area contributed by atoms with Crippen molar-refractivity contribution < 1.29 is 28.7 Å². The van der Waals surface area contributed by atoms with Crippen molar-refractivity contribution in [2.24, 2.45) is 0 Å². The molecule has 0 bridgehead atoms. The summed E-state index contributed by atoms with van der Waals surface area (Å²) in [6.45, 7) is 4.33. The van der Waals surface area contributed by atoms with Crippen LogP contribution in [0.4, 0.5) is 0 Å². The van der Waals surface area contributed by atoms with Crippen LogP contribution in [0.2, 0.25) is 5.02 Å². The second-order valence-electron chi connectivity index (χ2n) is 9.01. The minimum absolute atomic E-state index is 0.0659. The highest BCUT2D eigenvalue weighted by atomic mass is 35.5. The largest absolute Gasteiger partial charge is 0.486 e. The zero-order valence-electron chi connectivity index (χ0n) is 19.1. The summed E-state index contributed by atoms with van der Waals surface area (Å²) in [5.74, 6) is -1.64. The third-order valence-corrected chi connectivity index (χ3v) is 6.96. The summed E-state index contributed by atoms with van der Waals surface area (Å²) >= 11 is 6.37. The molecule has 3 aliphatic rings. The predicted molar refractivity (Wildman–Crippen MR) is 126 cm³/mol. The van der Waals surface area contributed by atoms with Gasteiger partial charge < -0.3 is 9.47 Å². The van der Waals surface area contributed by atoms with Gasteiger partial charge in [-0.3, -0.25) is 29.0 Å². The Hall–Kier alpha value is -3.07. The first-order valence-electron chi connectivity index (χ1n) is 11.7. The zero-order chi connectivity index (χ0) is 24.5. The Bertz CT molecular complexity index is 1190. The molecule has 5 rings (SSSR count). The third-order valence-electron chi connectivity index (χ3n) is 6.66. The van der Waals surface area contributed by atoms with Crippen molar-refractivity contribution in [3.63, 3.8) is 0 Å². The van der Waals surface area contributed by atoms with Crippen LogP contribution in [0.3, 0.4) is 0 Å². The monoisotopic (exact) mass is 496 g/mol. The molecule has 2 aromatic carbocycles. The average Bonchev–Trinajstić information content (AvgIpc) is 3.10. The van der Waals surface area contributed by atoms with Crippen LogP contribution < -0.4 is 4.74 Å². The smallest absolute Gasteiger partial charge is 0.266 e. The minimum Gasteiger partial charge on any atom is -0.486 e. The molecule has 9 heteroatoms. The molecule has 8 nitrogen and oxygen atoms in total. The van der Waals surface area contributed by atoms with Gasteiger partial charge >= 0.3 is 0 Å². The summed E-state index contributed by atoms with van der Waals surface area (Å²) in [5.41, 5.74) is 2.29. The van der Waals surface area contributed by atoms with Crippen LogP contribution in [-0.4, -0.2) is 65.5 Å². The molecular weight excluding hydrogens is 472 g/mol. The van der Waals surface area contributed by atoms with Gasteiger partial charge in [0.1, 0.15) is 12.4 Å². The Balaban J connectivity index is 1.31. The second-order valence-corrected chi connectivity index (χ2v) is 9.42. The second kappa shape index (κ2) is 9.89. The van der Waals surface area contributed by atoms with E-state index in [1.165, 1.54) is 17.7 Å². The first-order valence-corrected chi connectivity index (χ1v) is 12.1. The molecular formula is C26H25ClN2O6. The quantitative estimate of drug-likeness (QED) is 0.448. The van der Waals surface area contributed by atoms with Gasteiger partial charge in [0.15, 0.2) is 11.5 Å². The van der Waals surface area contributed by atoms with Crippen LogP contribution in [-0.2, 0) is 27.5 Å². The molecule has 1 saturated heterocycles. The van der Waals surface area contributed by atoms with Crippen molar-refractivity contribution >= 4 is 35.0 Å². The number of Topliss-reactive ketones (excluding diaryl/α,β-unsaturated/α-hetero) is 2. The molecule has 1 aliphatic carbocycles. The fourth-order valence-electron chi connectivity index (χ4n) is 4.76. The van der Waals surface area contributed by atoms with Crippen LogP contribution in [0.15, 0.2) is 36.4 Å². The molecule has 0 N–H and O–H groups in total. The van der Waals surface area contributed by atoms with Crippen LogP contribution in [0, 0.1) is 0 Å². The summed E-state index contributed by atoms with van der Waals surface area (Å²) in [5, 5.41) is 0.209. The fraction of sp³-hybridized carbons (Fsp3) is 0.385. The SMILES string of the molecule is O=C1CCC(N2C(=O)c3ccc(Cl)c(OCc4ccc(CN5CCOCC5)cc4)c3C2=O)C(=O)C1. The van der Waals surface area contributed by atoms with E-state index in [0.29, 0.717) is 0 Å². The lowest BCUT2D eigenvalue weighted by atomic mass is 9.92. The Morgan fingerprint density at radius 3 is 2.37 bits per heavy atom. The summed E-state index contributed by atoms with van der Waals surface area (Å²) in [6, 6.07) is 10.1. The highest BCUT2D eigenvalue weighted by molar-refractivity contribution is 6.34. The van der Waals surface area contributed by atoms with Gasteiger partial charge in [0.25, 0.3) is 11.8 Å². The molecule has 2 aliphatic heterocycles. The van der Waals surface area contributed by atoms with Gasteiger partial charge in [-0.2, -0.15) is 0 Å². The molecule has 1 atom stereocenters.